The zero-order chi connectivity index (χ0) is 28.5. The molecule has 206 valence electrons. The number of benzene rings is 3. The Hall–Kier alpha value is -4.00. The van der Waals surface area contributed by atoms with Gasteiger partial charge in [0.25, 0.3) is 0 Å². The number of carbonyl (C=O) groups excluding carboxylic acids is 1. The molecular weight excluding hydrogens is 490 g/mol. The van der Waals surface area contributed by atoms with Gasteiger partial charge < -0.3 is 24.5 Å². The molecule has 7 heteroatoms. The minimum absolute atomic E-state index is 0.0629. The molecule has 0 aliphatic heterocycles. The van der Waals surface area contributed by atoms with Gasteiger partial charge in [-0.05, 0) is 47.2 Å². The molecule has 0 aliphatic rings. The number of nitrogens with one attached hydrogen (secondary N) is 1. The van der Waals surface area contributed by atoms with Gasteiger partial charge in [0.1, 0.15) is 17.2 Å². The molecule has 4 aromatic rings. The summed E-state index contributed by atoms with van der Waals surface area (Å²) in [5.74, 6) is 2.17. The molecule has 2 N–H and O–H groups in total. The van der Waals surface area contributed by atoms with E-state index in [1.165, 1.54) is 0 Å². The molecule has 1 heterocycles. The lowest BCUT2D eigenvalue weighted by Gasteiger charge is -2.28. The van der Waals surface area contributed by atoms with Gasteiger partial charge in [0.2, 0.25) is 5.95 Å². The van der Waals surface area contributed by atoms with E-state index in [0.29, 0.717) is 29.6 Å². The normalized spacial score (nSPS) is 12.0. The summed E-state index contributed by atoms with van der Waals surface area (Å²) in [6.45, 7) is 12.7. The highest BCUT2D eigenvalue weighted by Crippen LogP contribution is 2.40. The highest BCUT2D eigenvalue weighted by molar-refractivity contribution is 5.98. The molecule has 0 bridgehead atoms. The Morgan fingerprint density at radius 2 is 1.46 bits per heavy atom. The third-order valence-corrected chi connectivity index (χ3v) is 6.96. The summed E-state index contributed by atoms with van der Waals surface area (Å²) in [7, 11) is 3.25. The van der Waals surface area contributed by atoms with Crippen LogP contribution in [0, 0.1) is 0 Å². The van der Waals surface area contributed by atoms with Crippen LogP contribution >= 0.6 is 0 Å². The number of hydrogen-bond acceptors (Lipinski definition) is 6. The van der Waals surface area contributed by atoms with Crippen molar-refractivity contribution in [1.29, 1.82) is 0 Å². The van der Waals surface area contributed by atoms with E-state index in [9.17, 15) is 9.90 Å². The lowest BCUT2D eigenvalue weighted by molar-refractivity contribution is 0.0973. The number of Topliss-reactive ketones (excluding diaryl/α,β-unsaturated/α-hetero) is 1. The molecule has 0 aliphatic carbocycles. The monoisotopic (exact) mass is 529 g/mol. The van der Waals surface area contributed by atoms with Crippen LogP contribution in [-0.2, 0) is 23.9 Å². The van der Waals surface area contributed by atoms with Gasteiger partial charge in [-0.3, -0.25) is 4.79 Å². The molecule has 0 saturated carbocycles. The Morgan fingerprint density at radius 3 is 2.00 bits per heavy atom. The minimum atomic E-state index is -0.331. The molecule has 0 atom stereocenters. The number of para-hydroxylation sites is 2. The maximum absolute atomic E-state index is 13.9. The van der Waals surface area contributed by atoms with Crippen LogP contribution in [0.15, 0.2) is 54.6 Å². The van der Waals surface area contributed by atoms with Crippen LogP contribution in [0.5, 0.6) is 17.2 Å². The standard InChI is InChI=1S/C32H39N3O4/c1-31(2,3)22-16-20(17-23(29(22)37)32(4,5)6)26(36)19-35-25-13-10-9-12-24(25)34-30(35)33-18-21-27(38-7)14-11-15-28(21)39-8/h9-17,37H,18-19H2,1-8H3,(H,33,34). The summed E-state index contributed by atoms with van der Waals surface area (Å²) in [4.78, 5) is 18.6. The largest absolute Gasteiger partial charge is 0.507 e. The highest BCUT2D eigenvalue weighted by atomic mass is 16.5. The number of ether oxygens (including phenoxy) is 2. The SMILES string of the molecule is COc1cccc(OC)c1CNc1nc2ccccc2n1CC(=O)c1cc(C(C)(C)C)c(O)c(C(C)(C)C)c1. The number of imidazole rings is 1. The maximum Gasteiger partial charge on any atom is 0.204 e. The number of phenolic OH excluding ortho intramolecular Hbond substituents is 1. The van der Waals surface area contributed by atoms with Crippen LogP contribution in [0.4, 0.5) is 5.95 Å². The second kappa shape index (κ2) is 10.6. The summed E-state index contributed by atoms with van der Waals surface area (Å²) < 4.78 is 13.0. The Kier molecular flexibility index (Phi) is 7.64. The van der Waals surface area contributed by atoms with Crippen molar-refractivity contribution < 1.29 is 19.4 Å². The van der Waals surface area contributed by atoms with Crippen molar-refractivity contribution in [2.75, 3.05) is 19.5 Å². The minimum Gasteiger partial charge on any atom is -0.507 e. The number of methoxy groups -OCH3 is 2. The highest BCUT2D eigenvalue weighted by Gasteiger charge is 2.28. The molecule has 1 aromatic heterocycles. The summed E-state index contributed by atoms with van der Waals surface area (Å²) in [6.07, 6.45) is 0. The van der Waals surface area contributed by atoms with Crippen molar-refractivity contribution in [3.63, 3.8) is 0 Å². The van der Waals surface area contributed by atoms with E-state index >= 15 is 0 Å². The summed E-state index contributed by atoms with van der Waals surface area (Å²) in [6, 6.07) is 17.1. The van der Waals surface area contributed by atoms with Gasteiger partial charge in [-0.15, -0.1) is 0 Å². The number of nitrogens with zero attached hydrogens (tertiary/aromatic N) is 2. The molecule has 3 aromatic carbocycles. The van der Waals surface area contributed by atoms with Crippen LogP contribution in [0.3, 0.4) is 0 Å². The van der Waals surface area contributed by atoms with Crippen molar-refractivity contribution in [3.8, 4) is 17.2 Å². The van der Waals surface area contributed by atoms with Crippen molar-refractivity contribution >= 4 is 22.8 Å². The summed E-state index contributed by atoms with van der Waals surface area (Å²) in [5.41, 5.74) is 3.92. The third kappa shape index (κ3) is 5.72. The smallest absolute Gasteiger partial charge is 0.204 e. The molecule has 0 fully saturated rings. The lowest BCUT2D eigenvalue weighted by Crippen LogP contribution is -2.20. The molecule has 0 unspecified atom stereocenters. The summed E-state index contributed by atoms with van der Waals surface area (Å²) >= 11 is 0. The number of ketones is 1. The van der Waals surface area contributed by atoms with Crippen molar-refractivity contribution in [1.82, 2.24) is 9.55 Å². The second-order valence-electron chi connectivity index (χ2n) is 11.8. The lowest BCUT2D eigenvalue weighted by atomic mass is 9.78. The van der Waals surface area contributed by atoms with Gasteiger partial charge in [0.05, 0.1) is 43.9 Å². The van der Waals surface area contributed by atoms with E-state index in [1.54, 1.807) is 14.2 Å². The first kappa shape index (κ1) is 28.0. The molecule has 0 saturated heterocycles. The Labute approximate surface area is 230 Å². The second-order valence-corrected chi connectivity index (χ2v) is 11.8. The van der Waals surface area contributed by atoms with Gasteiger partial charge in [-0.25, -0.2) is 4.98 Å². The van der Waals surface area contributed by atoms with Crippen molar-refractivity contribution in [3.05, 3.63) is 76.9 Å². The maximum atomic E-state index is 13.9. The van der Waals surface area contributed by atoms with Crippen molar-refractivity contribution in [2.45, 2.75) is 65.5 Å². The number of rotatable bonds is 8. The fourth-order valence-corrected chi connectivity index (χ4v) is 4.81. The molecule has 7 nitrogen and oxygen atoms in total. The average molecular weight is 530 g/mol. The number of anilines is 1. The van der Waals surface area contributed by atoms with E-state index in [2.05, 4.69) is 5.32 Å². The number of fused-ring (bicyclic) bond motifs is 1. The quantitative estimate of drug-likeness (QED) is 0.243. The molecule has 0 radical (unpaired) electrons. The molecule has 0 spiro atoms. The number of phenols is 1. The molecule has 4 rings (SSSR count). The van der Waals surface area contributed by atoms with Gasteiger partial charge in [-0.2, -0.15) is 0 Å². The first-order valence-corrected chi connectivity index (χ1v) is 13.1. The van der Waals surface area contributed by atoms with E-state index in [-0.39, 0.29) is 28.9 Å². The fourth-order valence-electron chi connectivity index (χ4n) is 4.81. The predicted molar refractivity (Wildman–Crippen MR) is 156 cm³/mol. The Balaban J connectivity index is 1.74. The van der Waals surface area contributed by atoms with Gasteiger partial charge >= 0.3 is 0 Å². The summed E-state index contributed by atoms with van der Waals surface area (Å²) in [5, 5.41) is 14.5. The molecular formula is C32H39N3O4. The van der Waals surface area contributed by atoms with Crippen LogP contribution in [0.25, 0.3) is 11.0 Å². The van der Waals surface area contributed by atoms with E-state index < -0.39 is 0 Å². The number of hydrogen-bond donors (Lipinski definition) is 2. The molecule has 0 amide bonds. The number of aromatic hydroxyl groups is 1. The van der Waals surface area contributed by atoms with Crippen LogP contribution in [0.2, 0.25) is 0 Å². The first-order chi connectivity index (χ1) is 18.3. The number of carbonyl (C=O) groups is 1. The topological polar surface area (TPSA) is 85.6 Å². The van der Waals surface area contributed by atoms with Crippen LogP contribution in [-0.4, -0.2) is 34.7 Å². The fraction of sp³-hybridized carbons (Fsp3) is 0.375. The zero-order valence-electron chi connectivity index (χ0n) is 24.2. The number of aromatic nitrogens is 2. The van der Waals surface area contributed by atoms with E-state index in [4.69, 9.17) is 14.5 Å². The van der Waals surface area contributed by atoms with Gasteiger partial charge in [0, 0.05) is 16.7 Å². The van der Waals surface area contributed by atoms with E-state index in [0.717, 1.165) is 27.7 Å². The van der Waals surface area contributed by atoms with Crippen LogP contribution < -0.4 is 14.8 Å². The van der Waals surface area contributed by atoms with E-state index in [1.807, 2.05) is 101 Å². The third-order valence-electron chi connectivity index (χ3n) is 6.96. The molecule has 39 heavy (non-hydrogen) atoms. The Morgan fingerprint density at radius 1 is 0.897 bits per heavy atom. The van der Waals surface area contributed by atoms with Gasteiger partial charge in [-0.1, -0.05) is 59.7 Å². The van der Waals surface area contributed by atoms with Gasteiger partial charge in [0.15, 0.2) is 5.78 Å². The average Bonchev–Trinajstić information content (AvgIpc) is 3.22. The zero-order valence-corrected chi connectivity index (χ0v) is 24.2. The first-order valence-electron chi connectivity index (χ1n) is 13.1. The van der Waals surface area contributed by atoms with Crippen molar-refractivity contribution in [2.24, 2.45) is 0 Å². The van der Waals surface area contributed by atoms with Crippen LogP contribution in [0.1, 0.15) is 68.6 Å². The Bertz CT molecular complexity index is 1450. The predicted octanol–water partition coefficient (Wildman–Crippen LogP) is 6.85.